The standard InChI is InChI=1S/C19H41N5O/c1-5-19(4,22)14-9-6-7-11-15-23-17(21)24-18(2,3)13-10-8-12-16(20)25/h5-15,22H2,1-4H3,(H2,20,25)(H3,21,23,24). The molecular formula is C19H41N5O. The summed E-state index contributed by atoms with van der Waals surface area (Å²) in [7, 11) is 0. The fourth-order valence-electron chi connectivity index (χ4n) is 2.69. The average molecular weight is 356 g/mol. The Bertz CT molecular complexity index is 405. The Hall–Kier alpha value is -1.30. The Morgan fingerprint density at radius 2 is 1.56 bits per heavy atom. The average Bonchev–Trinajstić information content (AvgIpc) is 2.50. The van der Waals surface area contributed by atoms with Gasteiger partial charge in [0.1, 0.15) is 0 Å². The Kier molecular flexibility index (Phi) is 11.5. The maximum Gasteiger partial charge on any atom is 0.217 e. The summed E-state index contributed by atoms with van der Waals surface area (Å²) in [5.41, 5.74) is 17.1. The third kappa shape index (κ3) is 14.7. The van der Waals surface area contributed by atoms with Crippen molar-refractivity contribution in [1.29, 1.82) is 0 Å². The van der Waals surface area contributed by atoms with Crippen LogP contribution in [0.5, 0.6) is 0 Å². The summed E-state index contributed by atoms with van der Waals surface area (Å²) < 4.78 is 0. The van der Waals surface area contributed by atoms with Crippen molar-refractivity contribution >= 4 is 11.9 Å². The molecule has 0 spiro atoms. The zero-order valence-corrected chi connectivity index (χ0v) is 16.9. The van der Waals surface area contributed by atoms with Crippen molar-refractivity contribution in [3.63, 3.8) is 0 Å². The predicted molar refractivity (Wildman–Crippen MR) is 107 cm³/mol. The second-order valence-electron chi connectivity index (χ2n) is 8.12. The molecule has 1 amide bonds. The van der Waals surface area contributed by atoms with Gasteiger partial charge in [0.15, 0.2) is 5.96 Å². The molecule has 6 heteroatoms. The van der Waals surface area contributed by atoms with E-state index in [2.05, 4.69) is 38.0 Å². The summed E-state index contributed by atoms with van der Waals surface area (Å²) in [5.74, 6) is 0.262. The Morgan fingerprint density at radius 1 is 0.960 bits per heavy atom. The summed E-state index contributed by atoms with van der Waals surface area (Å²) >= 11 is 0. The van der Waals surface area contributed by atoms with Crippen molar-refractivity contribution in [2.45, 2.75) is 103 Å². The number of carbonyl (C=O) groups excluding carboxylic acids is 1. The van der Waals surface area contributed by atoms with Crippen LogP contribution < -0.4 is 22.5 Å². The summed E-state index contributed by atoms with van der Waals surface area (Å²) in [6.07, 6.45) is 9.82. The van der Waals surface area contributed by atoms with Gasteiger partial charge in [-0.15, -0.1) is 0 Å². The van der Waals surface area contributed by atoms with Gasteiger partial charge < -0.3 is 22.5 Å². The van der Waals surface area contributed by atoms with Crippen LogP contribution in [-0.4, -0.2) is 29.5 Å². The van der Waals surface area contributed by atoms with Gasteiger partial charge in [0.05, 0.1) is 0 Å². The normalized spacial score (nSPS) is 15.0. The Labute approximate surface area is 154 Å². The van der Waals surface area contributed by atoms with Crippen LogP contribution in [-0.2, 0) is 4.79 Å². The molecule has 0 saturated carbocycles. The van der Waals surface area contributed by atoms with Crippen molar-refractivity contribution < 1.29 is 4.79 Å². The molecule has 0 saturated heterocycles. The number of amides is 1. The van der Waals surface area contributed by atoms with Crippen LogP contribution in [0.2, 0.25) is 0 Å². The van der Waals surface area contributed by atoms with E-state index in [-0.39, 0.29) is 17.0 Å². The number of hydrogen-bond acceptors (Lipinski definition) is 3. The predicted octanol–water partition coefficient (Wildman–Crippen LogP) is 2.79. The molecule has 0 aliphatic carbocycles. The smallest absolute Gasteiger partial charge is 0.217 e. The second-order valence-corrected chi connectivity index (χ2v) is 8.12. The number of primary amides is 1. The lowest BCUT2D eigenvalue weighted by molar-refractivity contribution is -0.118. The minimum atomic E-state index is -0.238. The number of unbranched alkanes of at least 4 members (excludes halogenated alkanes) is 4. The monoisotopic (exact) mass is 355 g/mol. The molecule has 0 heterocycles. The third-order valence-corrected chi connectivity index (χ3v) is 4.69. The number of rotatable bonds is 14. The fraction of sp³-hybridized carbons (Fsp3) is 0.895. The molecular weight excluding hydrogens is 314 g/mol. The van der Waals surface area contributed by atoms with Gasteiger partial charge in [-0.2, -0.15) is 0 Å². The number of nitrogens with one attached hydrogen (secondary N) is 1. The van der Waals surface area contributed by atoms with Gasteiger partial charge in [0.2, 0.25) is 5.91 Å². The number of guanidine groups is 1. The molecule has 0 bridgehead atoms. The lowest BCUT2D eigenvalue weighted by Gasteiger charge is -2.26. The molecule has 1 unspecified atom stereocenters. The van der Waals surface area contributed by atoms with Crippen molar-refractivity contribution in [2.24, 2.45) is 22.2 Å². The van der Waals surface area contributed by atoms with Crippen LogP contribution in [0.25, 0.3) is 0 Å². The molecule has 0 aromatic rings. The highest BCUT2D eigenvalue weighted by molar-refractivity contribution is 5.78. The van der Waals surface area contributed by atoms with E-state index in [4.69, 9.17) is 17.2 Å². The van der Waals surface area contributed by atoms with E-state index in [1.165, 1.54) is 12.8 Å². The first-order valence-electron chi connectivity index (χ1n) is 9.73. The third-order valence-electron chi connectivity index (χ3n) is 4.69. The van der Waals surface area contributed by atoms with Crippen molar-refractivity contribution in [2.75, 3.05) is 6.54 Å². The molecule has 6 nitrogen and oxygen atoms in total. The van der Waals surface area contributed by atoms with Gasteiger partial charge in [-0.25, -0.2) is 0 Å². The minimum absolute atomic E-state index is 0.0183. The summed E-state index contributed by atoms with van der Waals surface area (Å²) in [4.78, 5) is 15.2. The van der Waals surface area contributed by atoms with Crippen LogP contribution in [0.15, 0.2) is 4.99 Å². The minimum Gasteiger partial charge on any atom is -0.370 e. The fourth-order valence-corrected chi connectivity index (χ4v) is 2.69. The van der Waals surface area contributed by atoms with Gasteiger partial charge in [-0.05, 0) is 52.9 Å². The molecule has 1 atom stereocenters. The van der Waals surface area contributed by atoms with Crippen molar-refractivity contribution in [1.82, 2.24) is 5.32 Å². The van der Waals surface area contributed by atoms with E-state index in [9.17, 15) is 4.79 Å². The van der Waals surface area contributed by atoms with Crippen LogP contribution in [0.3, 0.4) is 0 Å². The second kappa shape index (κ2) is 12.1. The van der Waals surface area contributed by atoms with Gasteiger partial charge in [0.25, 0.3) is 0 Å². The maximum absolute atomic E-state index is 10.7. The molecule has 25 heavy (non-hydrogen) atoms. The lowest BCUT2D eigenvalue weighted by atomic mass is 9.93. The molecule has 0 radical (unpaired) electrons. The highest BCUT2D eigenvalue weighted by Gasteiger charge is 2.17. The molecule has 0 aromatic carbocycles. The van der Waals surface area contributed by atoms with Crippen LogP contribution >= 0.6 is 0 Å². The highest BCUT2D eigenvalue weighted by atomic mass is 16.1. The van der Waals surface area contributed by atoms with E-state index in [1.807, 2.05) is 0 Å². The SMILES string of the molecule is CCC(C)(N)CCCCCCN=C(N)NC(C)(C)CCCCC(N)=O. The van der Waals surface area contributed by atoms with Gasteiger partial charge in [-0.3, -0.25) is 9.79 Å². The number of hydrogen-bond donors (Lipinski definition) is 4. The zero-order valence-electron chi connectivity index (χ0n) is 16.9. The molecule has 0 aliphatic heterocycles. The van der Waals surface area contributed by atoms with Crippen LogP contribution in [0.1, 0.15) is 91.9 Å². The summed E-state index contributed by atoms with van der Waals surface area (Å²) in [6.45, 7) is 9.21. The number of carbonyl (C=O) groups is 1. The molecule has 7 N–H and O–H groups in total. The van der Waals surface area contributed by atoms with E-state index in [1.54, 1.807) is 0 Å². The quantitative estimate of drug-likeness (QED) is 0.217. The molecule has 0 aliphatic rings. The molecule has 0 aromatic heterocycles. The van der Waals surface area contributed by atoms with Crippen molar-refractivity contribution in [3.05, 3.63) is 0 Å². The topological polar surface area (TPSA) is 120 Å². The van der Waals surface area contributed by atoms with Crippen LogP contribution in [0, 0.1) is 0 Å². The van der Waals surface area contributed by atoms with E-state index >= 15 is 0 Å². The molecule has 148 valence electrons. The lowest BCUT2D eigenvalue weighted by Crippen LogP contribution is -2.47. The number of nitrogens with two attached hydrogens (primary N) is 3. The first-order valence-corrected chi connectivity index (χ1v) is 9.73. The highest BCUT2D eigenvalue weighted by Crippen LogP contribution is 2.16. The van der Waals surface area contributed by atoms with Crippen molar-refractivity contribution in [3.8, 4) is 0 Å². The first-order chi connectivity index (χ1) is 11.6. The first kappa shape index (κ1) is 23.7. The largest absolute Gasteiger partial charge is 0.370 e. The molecule has 0 fully saturated rings. The zero-order chi connectivity index (χ0) is 19.3. The number of aliphatic imine (C=N–C) groups is 1. The Morgan fingerprint density at radius 3 is 2.16 bits per heavy atom. The van der Waals surface area contributed by atoms with Gasteiger partial charge >= 0.3 is 0 Å². The number of nitrogens with zero attached hydrogens (tertiary/aromatic N) is 1. The van der Waals surface area contributed by atoms with E-state index in [0.29, 0.717) is 12.4 Å². The summed E-state index contributed by atoms with van der Waals surface area (Å²) in [6, 6.07) is 0. The Balaban J connectivity index is 3.83. The maximum atomic E-state index is 10.7. The van der Waals surface area contributed by atoms with E-state index in [0.717, 1.165) is 51.5 Å². The summed E-state index contributed by atoms with van der Waals surface area (Å²) in [5, 5.41) is 3.27. The van der Waals surface area contributed by atoms with Gasteiger partial charge in [0, 0.05) is 24.0 Å². The molecule has 0 rings (SSSR count). The van der Waals surface area contributed by atoms with Crippen LogP contribution in [0.4, 0.5) is 0 Å². The van der Waals surface area contributed by atoms with E-state index < -0.39 is 0 Å². The van der Waals surface area contributed by atoms with Gasteiger partial charge in [-0.1, -0.05) is 32.6 Å².